The lowest BCUT2D eigenvalue weighted by atomic mass is 9.91. The van der Waals surface area contributed by atoms with Crippen LogP contribution in [0.2, 0.25) is 0 Å². The molecule has 0 spiro atoms. The van der Waals surface area contributed by atoms with Crippen LogP contribution in [-0.2, 0) is 9.59 Å². The maximum atomic E-state index is 13.3. The quantitative estimate of drug-likeness (QED) is 0.127. The minimum atomic E-state index is -0.0964. The average Bonchev–Trinajstić information content (AvgIpc) is 2.78. The molecule has 2 unspecified atom stereocenters. The van der Waals surface area contributed by atoms with Crippen molar-refractivity contribution < 1.29 is 9.59 Å². The second kappa shape index (κ2) is 22.0. The third kappa shape index (κ3) is 22.2. The Hall–Kier alpha value is -0.980. The normalized spacial score (nSPS) is 13.7. The van der Waals surface area contributed by atoms with Crippen LogP contribution in [0.3, 0.4) is 0 Å². The molecule has 0 aromatic carbocycles. The first-order valence-corrected chi connectivity index (χ1v) is 15.0. The molecule has 0 fully saturated rings. The molecule has 2 atom stereocenters. The van der Waals surface area contributed by atoms with E-state index in [9.17, 15) is 9.59 Å². The highest BCUT2D eigenvalue weighted by Crippen LogP contribution is 2.16. The van der Waals surface area contributed by atoms with Crippen LogP contribution in [0.1, 0.15) is 126 Å². The number of carbonyl (C=O) groups excluding carboxylic acids is 2. The van der Waals surface area contributed by atoms with Crippen molar-refractivity contribution >= 4 is 11.7 Å². The molecule has 0 rings (SSSR count). The monoisotopic (exact) mass is 510 g/mol. The Kier molecular flexibility index (Phi) is 21.4. The van der Waals surface area contributed by atoms with Crippen LogP contribution in [0.4, 0.5) is 0 Å². The number of unbranched alkanes of at least 4 members (excludes halogenated alkanes) is 3. The summed E-state index contributed by atoms with van der Waals surface area (Å²) in [6, 6.07) is 1.14. The topological polar surface area (TPSA) is 82.3 Å². The van der Waals surface area contributed by atoms with Crippen molar-refractivity contribution in [1.29, 1.82) is 0 Å². The maximum Gasteiger partial charge on any atom is 0.219 e. The van der Waals surface area contributed by atoms with Gasteiger partial charge in [0.1, 0.15) is 5.78 Å². The van der Waals surface area contributed by atoms with Gasteiger partial charge < -0.3 is 21.3 Å². The molecule has 0 aliphatic heterocycles. The van der Waals surface area contributed by atoms with E-state index >= 15 is 0 Å². The molecular formula is C30H62N4O2. The predicted molar refractivity (Wildman–Crippen MR) is 155 cm³/mol. The number of rotatable bonds is 24. The van der Waals surface area contributed by atoms with Crippen molar-refractivity contribution in [1.82, 2.24) is 21.3 Å². The molecule has 0 aliphatic rings. The first-order chi connectivity index (χ1) is 17.0. The van der Waals surface area contributed by atoms with Crippen molar-refractivity contribution in [2.45, 2.75) is 150 Å². The largest absolute Gasteiger partial charge is 0.356 e. The van der Waals surface area contributed by atoms with Crippen LogP contribution in [0.15, 0.2) is 0 Å². The molecular weight excluding hydrogens is 448 g/mol. The molecule has 1 amide bonds. The fourth-order valence-corrected chi connectivity index (χ4v) is 4.42. The zero-order valence-electron chi connectivity index (χ0n) is 25.2. The molecule has 214 valence electrons. The van der Waals surface area contributed by atoms with E-state index in [1.54, 1.807) is 0 Å². The highest BCUT2D eigenvalue weighted by molar-refractivity contribution is 5.84. The Bertz CT molecular complexity index is 549. The Morgan fingerprint density at radius 2 is 1.25 bits per heavy atom. The van der Waals surface area contributed by atoms with Crippen molar-refractivity contribution in [3.05, 3.63) is 0 Å². The molecule has 4 N–H and O–H groups in total. The number of nitrogens with one attached hydrogen (secondary N) is 4. The van der Waals surface area contributed by atoms with Gasteiger partial charge in [0.2, 0.25) is 5.91 Å². The van der Waals surface area contributed by atoms with Crippen LogP contribution < -0.4 is 21.3 Å². The molecule has 36 heavy (non-hydrogen) atoms. The maximum absolute atomic E-state index is 13.3. The minimum absolute atomic E-state index is 0.0964. The SMILES string of the molecule is CC(C)CCCCC(=O)NCCCCC(NC(C)C)C(=O)CC(CCCCNC(C)C)CNC(C)C. The van der Waals surface area contributed by atoms with Crippen LogP contribution in [0.25, 0.3) is 0 Å². The molecule has 0 saturated carbocycles. The number of hydrogen-bond acceptors (Lipinski definition) is 5. The van der Waals surface area contributed by atoms with Gasteiger partial charge in [-0.1, -0.05) is 74.7 Å². The van der Waals surface area contributed by atoms with Crippen molar-refractivity contribution in [3.8, 4) is 0 Å². The summed E-state index contributed by atoms with van der Waals surface area (Å²) in [5, 5.41) is 13.6. The summed E-state index contributed by atoms with van der Waals surface area (Å²) < 4.78 is 0. The smallest absolute Gasteiger partial charge is 0.219 e. The van der Waals surface area contributed by atoms with E-state index in [2.05, 4.69) is 76.7 Å². The molecule has 0 heterocycles. The van der Waals surface area contributed by atoms with E-state index in [1.165, 1.54) is 6.42 Å². The molecule has 0 aliphatic carbocycles. The van der Waals surface area contributed by atoms with Crippen molar-refractivity contribution in [2.75, 3.05) is 19.6 Å². The second-order valence-electron chi connectivity index (χ2n) is 12.1. The molecule has 6 heteroatoms. The Morgan fingerprint density at radius 1 is 0.639 bits per heavy atom. The Labute approximate surface area is 224 Å². The van der Waals surface area contributed by atoms with Gasteiger partial charge in [0, 0.05) is 37.5 Å². The summed E-state index contributed by atoms with van der Waals surface area (Å²) in [5.41, 5.74) is 0. The third-order valence-corrected chi connectivity index (χ3v) is 6.50. The van der Waals surface area contributed by atoms with Crippen LogP contribution >= 0.6 is 0 Å². The molecule has 6 nitrogen and oxygen atoms in total. The molecule has 0 bridgehead atoms. The standard InChI is InChI=1S/C30H62N4O2/c1-23(2)15-9-10-18-30(36)32-20-14-12-17-28(34-26(7)8)29(35)21-27(22-33-25(5)6)16-11-13-19-31-24(3)4/h23-28,31,33-34H,9-22H2,1-8H3,(H,32,36). The third-order valence-electron chi connectivity index (χ3n) is 6.50. The zero-order valence-corrected chi connectivity index (χ0v) is 25.2. The Balaban J connectivity index is 4.51. The lowest BCUT2D eigenvalue weighted by molar-refractivity contribution is -0.123. The van der Waals surface area contributed by atoms with Crippen LogP contribution in [0.5, 0.6) is 0 Å². The highest BCUT2D eigenvalue weighted by atomic mass is 16.1. The number of hydrogen-bond donors (Lipinski definition) is 4. The van der Waals surface area contributed by atoms with Gasteiger partial charge in [0.25, 0.3) is 0 Å². The molecule has 0 radical (unpaired) electrons. The fourth-order valence-electron chi connectivity index (χ4n) is 4.42. The first kappa shape index (κ1) is 35.0. The summed E-state index contributed by atoms with van der Waals surface area (Å²) in [4.78, 5) is 25.3. The van der Waals surface area contributed by atoms with Gasteiger partial charge in [-0.2, -0.15) is 0 Å². The predicted octanol–water partition coefficient (Wildman–Crippen LogP) is 5.60. The summed E-state index contributed by atoms with van der Waals surface area (Å²) in [5.74, 6) is 1.59. The van der Waals surface area contributed by atoms with E-state index < -0.39 is 0 Å². The van der Waals surface area contributed by atoms with Gasteiger partial charge in [0.15, 0.2) is 0 Å². The van der Waals surface area contributed by atoms with Gasteiger partial charge in [0.05, 0.1) is 6.04 Å². The lowest BCUT2D eigenvalue weighted by Crippen LogP contribution is -2.42. The summed E-state index contributed by atoms with van der Waals surface area (Å²) >= 11 is 0. The van der Waals surface area contributed by atoms with E-state index in [4.69, 9.17) is 0 Å². The van der Waals surface area contributed by atoms with E-state index in [0.717, 1.165) is 64.5 Å². The van der Waals surface area contributed by atoms with E-state index in [0.29, 0.717) is 49.1 Å². The lowest BCUT2D eigenvalue weighted by Gasteiger charge is -2.24. The summed E-state index contributed by atoms with van der Waals surface area (Å²) in [7, 11) is 0. The van der Waals surface area contributed by atoms with Gasteiger partial charge in [-0.3, -0.25) is 9.59 Å². The van der Waals surface area contributed by atoms with Crippen LogP contribution in [0, 0.1) is 11.8 Å². The van der Waals surface area contributed by atoms with E-state index in [-0.39, 0.29) is 18.0 Å². The Morgan fingerprint density at radius 3 is 1.86 bits per heavy atom. The van der Waals surface area contributed by atoms with Crippen molar-refractivity contribution in [3.63, 3.8) is 0 Å². The first-order valence-electron chi connectivity index (χ1n) is 15.0. The number of Topliss-reactive ketones (excluding diaryl/α,β-unsaturated/α-hetero) is 1. The molecule has 0 aromatic heterocycles. The summed E-state index contributed by atoms with van der Waals surface area (Å²) in [6.45, 7) is 20.0. The number of amides is 1. The van der Waals surface area contributed by atoms with Gasteiger partial charge in [-0.15, -0.1) is 0 Å². The molecule has 0 saturated heterocycles. The van der Waals surface area contributed by atoms with Crippen molar-refractivity contribution in [2.24, 2.45) is 11.8 Å². The van der Waals surface area contributed by atoms with Gasteiger partial charge in [-0.05, 0) is 63.5 Å². The summed E-state index contributed by atoms with van der Waals surface area (Å²) in [6.07, 6.45) is 10.6. The average molecular weight is 511 g/mol. The van der Waals surface area contributed by atoms with Crippen LogP contribution in [-0.4, -0.2) is 55.5 Å². The highest BCUT2D eigenvalue weighted by Gasteiger charge is 2.22. The second-order valence-corrected chi connectivity index (χ2v) is 12.1. The van der Waals surface area contributed by atoms with Gasteiger partial charge in [-0.25, -0.2) is 0 Å². The van der Waals surface area contributed by atoms with Gasteiger partial charge >= 0.3 is 0 Å². The number of carbonyl (C=O) groups is 2. The van der Waals surface area contributed by atoms with E-state index in [1.807, 2.05) is 0 Å². The molecule has 0 aromatic rings. The zero-order chi connectivity index (χ0) is 27.3. The number of ketones is 1. The fraction of sp³-hybridized carbons (Fsp3) is 0.933. The minimum Gasteiger partial charge on any atom is -0.356 e.